The molecular formula is C16H19N5. The largest absolute Gasteiger partial charge is 0.306 e. The Labute approximate surface area is 124 Å². The fourth-order valence-electron chi connectivity index (χ4n) is 2.13. The van der Waals surface area contributed by atoms with Crippen LogP contribution in [0, 0.1) is 0 Å². The minimum atomic E-state index is 0.0603. The van der Waals surface area contributed by atoms with E-state index in [1.807, 2.05) is 36.5 Å². The Bertz CT molecular complexity index is 749. The summed E-state index contributed by atoms with van der Waals surface area (Å²) in [7, 11) is 0. The van der Waals surface area contributed by atoms with Gasteiger partial charge in [0, 0.05) is 23.7 Å². The van der Waals surface area contributed by atoms with E-state index in [2.05, 4.69) is 41.4 Å². The molecule has 0 aliphatic heterocycles. The van der Waals surface area contributed by atoms with Crippen LogP contribution in [0.4, 0.5) is 0 Å². The van der Waals surface area contributed by atoms with Crippen LogP contribution in [0.2, 0.25) is 0 Å². The van der Waals surface area contributed by atoms with Gasteiger partial charge in [0.15, 0.2) is 0 Å². The van der Waals surface area contributed by atoms with Crippen LogP contribution in [0.15, 0.2) is 42.7 Å². The fraction of sp³-hybridized carbons (Fsp3) is 0.312. The number of aromatic nitrogens is 4. The van der Waals surface area contributed by atoms with Crippen molar-refractivity contribution in [1.29, 1.82) is 0 Å². The van der Waals surface area contributed by atoms with E-state index in [1.165, 1.54) is 0 Å². The van der Waals surface area contributed by atoms with Crippen molar-refractivity contribution in [3.05, 3.63) is 48.4 Å². The maximum atomic E-state index is 4.45. The van der Waals surface area contributed by atoms with Gasteiger partial charge in [-0.3, -0.25) is 4.98 Å². The molecule has 2 aromatic heterocycles. The van der Waals surface area contributed by atoms with Crippen LogP contribution >= 0.6 is 0 Å². The van der Waals surface area contributed by atoms with E-state index in [4.69, 9.17) is 0 Å². The Morgan fingerprint density at radius 3 is 2.76 bits per heavy atom. The monoisotopic (exact) mass is 281 g/mol. The first-order chi connectivity index (χ1) is 10.0. The van der Waals surface area contributed by atoms with Crippen molar-refractivity contribution in [2.45, 2.75) is 32.9 Å². The molecule has 0 radical (unpaired) electrons. The molecule has 0 amide bonds. The zero-order valence-corrected chi connectivity index (χ0v) is 12.5. The molecule has 0 saturated heterocycles. The normalized spacial score (nSPS) is 12.0. The Morgan fingerprint density at radius 1 is 1.14 bits per heavy atom. The molecule has 0 atom stereocenters. The molecule has 0 spiro atoms. The standard InChI is InChI=1S/C16H19N5/c1-16(2,3)18-10-13-11-21(20-19-13)14-8-4-6-12-7-5-9-17-15(12)14/h4-9,11,18H,10H2,1-3H3. The number of nitrogens with one attached hydrogen (secondary N) is 1. The molecule has 0 aliphatic carbocycles. The molecule has 5 nitrogen and oxygen atoms in total. The summed E-state index contributed by atoms with van der Waals surface area (Å²) >= 11 is 0. The molecule has 1 aromatic carbocycles. The average molecular weight is 281 g/mol. The van der Waals surface area contributed by atoms with Crippen LogP contribution < -0.4 is 5.32 Å². The predicted molar refractivity (Wildman–Crippen MR) is 83.3 cm³/mol. The van der Waals surface area contributed by atoms with E-state index in [1.54, 1.807) is 10.9 Å². The molecule has 21 heavy (non-hydrogen) atoms. The van der Waals surface area contributed by atoms with Gasteiger partial charge < -0.3 is 5.32 Å². The van der Waals surface area contributed by atoms with E-state index >= 15 is 0 Å². The van der Waals surface area contributed by atoms with Gasteiger partial charge in [0.2, 0.25) is 0 Å². The van der Waals surface area contributed by atoms with E-state index < -0.39 is 0 Å². The average Bonchev–Trinajstić information content (AvgIpc) is 2.92. The zero-order chi connectivity index (χ0) is 14.9. The van der Waals surface area contributed by atoms with E-state index in [0.29, 0.717) is 6.54 Å². The van der Waals surface area contributed by atoms with Gasteiger partial charge >= 0.3 is 0 Å². The number of nitrogens with zero attached hydrogens (tertiary/aromatic N) is 4. The number of hydrogen-bond acceptors (Lipinski definition) is 4. The smallest absolute Gasteiger partial charge is 0.0969 e. The van der Waals surface area contributed by atoms with Crippen molar-refractivity contribution in [2.24, 2.45) is 0 Å². The molecule has 108 valence electrons. The van der Waals surface area contributed by atoms with E-state index in [-0.39, 0.29) is 5.54 Å². The van der Waals surface area contributed by atoms with Crippen molar-refractivity contribution in [3.63, 3.8) is 0 Å². The molecule has 3 rings (SSSR count). The van der Waals surface area contributed by atoms with Crippen molar-refractivity contribution in [2.75, 3.05) is 0 Å². The van der Waals surface area contributed by atoms with E-state index in [9.17, 15) is 0 Å². The third kappa shape index (κ3) is 3.08. The van der Waals surface area contributed by atoms with Gasteiger partial charge in [-0.05, 0) is 32.9 Å². The predicted octanol–water partition coefficient (Wildman–Crippen LogP) is 2.70. The lowest BCUT2D eigenvalue weighted by Crippen LogP contribution is -2.35. The van der Waals surface area contributed by atoms with Crippen LogP contribution in [0.1, 0.15) is 26.5 Å². The number of para-hydroxylation sites is 1. The summed E-state index contributed by atoms with van der Waals surface area (Å²) in [5.41, 5.74) is 2.85. The molecule has 0 aliphatic rings. The highest BCUT2D eigenvalue weighted by atomic mass is 15.4. The lowest BCUT2D eigenvalue weighted by molar-refractivity contribution is 0.421. The summed E-state index contributed by atoms with van der Waals surface area (Å²) in [6.45, 7) is 7.09. The molecule has 3 aromatic rings. The quantitative estimate of drug-likeness (QED) is 0.802. The van der Waals surface area contributed by atoms with Gasteiger partial charge in [0.05, 0.1) is 23.1 Å². The van der Waals surface area contributed by atoms with Crippen LogP contribution in [0.3, 0.4) is 0 Å². The molecule has 0 fully saturated rings. The summed E-state index contributed by atoms with van der Waals surface area (Å²) in [6.07, 6.45) is 3.74. The first-order valence-electron chi connectivity index (χ1n) is 7.03. The van der Waals surface area contributed by atoms with E-state index in [0.717, 1.165) is 22.3 Å². The Hall–Kier alpha value is -2.27. The third-order valence-corrected chi connectivity index (χ3v) is 3.20. The number of fused-ring (bicyclic) bond motifs is 1. The van der Waals surface area contributed by atoms with Crippen molar-refractivity contribution in [3.8, 4) is 5.69 Å². The molecule has 0 saturated carbocycles. The molecule has 2 heterocycles. The fourth-order valence-corrected chi connectivity index (χ4v) is 2.13. The third-order valence-electron chi connectivity index (χ3n) is 3.20. The molecule has 1 N–H and O–H groups in total. The van der Waals surface area contributed by atoms with Gasteiger partial charge in [-0.1, -0.05) is 23.4 Å². The van der Waals surface area contributed by atoms with Crippen LogP contribution in [0.5, 0.6) is 0 Å². The van der Waals surface area contributed by atoms with Gasteiger partial charge in [0.1, 0.15) is 0 Å². The Kier molecular flexibility index (Phi) is 3.43. The first-order valence-corrected chi connectivity index (χ1v) is 7.03. The SMILES string of the molecule is CC(C)(C)NCc1cn(-c2cccc3cccnc23)nn1. The summed E-state index contributed by atoms with van der Waals surface area (Å²) < 4.78 is 1.79. The maximum Gasteiger partial charge on any atom is 0.0969 e. The van der Waals surface area contributed by atoms with Gasteiger partial charge in [-0.25, -0.2) is 4.68 Å². The minimum Gasteiger partial charge on any atom is -0.306 e. The van der Waals surface area contributed by atoms with Crippen LogP contribution in [-0.4, -0.2) is 25.5 Å². The summed E-state index contributed by atoms with van der Waals surface area (Å²) in [5.74, 6) is 0. The van der Waals surface area contributed by atoms with Crippen LogP contribution in [-0.2, 0) is 6.54 Å². The molecule has 5 heteroatoms. The lowest BCUT2D eigenvalue weighted by atomic mass is 10.1. The van der Waals surface area contributed by atoms with Gasteiger partial charge in [0.25, 0.3) is 0 Å². The second-order valence-corrected chi connectivity index (χ2v) is 6.11. The second kappa shape index (κ2) is 5.26. The number of rotatable bonds is 3. The highest BCUT2D eigenvalue weighted by Crippen LogP contribution is 2.19. The molecular weight excluding hydrogens is 262 g/mol. The highest BCUT2D eigenvalue weighted by Gasteiger charge is 2.11. The number of benzene rings is 1. The topological polar surface area (TPSA) is 55.6 Å². The van der Waals surface area contributed by atoms with Crippen molar-refractivity contribution in [1.82, 2.24) is 25.3 Å². The lowest BCUT2D eigenvalue weighted by Gasteiger charge is -2.19. The second-order valence-electron chi connectivity index (χ2n) is 6.11. The number of pyridine rings is 1. The highest BCUT2D eigenvalue weighted by molar-refractivity contribution is 5.85. The summed E-state index contributed by atoms with van der Waals surface area (Å²) in [4.78, 5) is 4.45. The van der Waals surface area contributed by atoms with Gasteiger partial charge in [-0.15, -0.1) is 5.10 Å². The van der Waals surface area contributed by atoms with Crippen LogP contribution in [0.25, 0.3) is 16.6 Å². The Balaban J connectivity index is 1.92. The minimum absolute atomic E-state index is 0.0603. The first kappa shape index (κ1) is 13.7. The summed E-state index contributed by atoms with van der Waals surface area (Å²) in [5, 5.41) is 13.0. The zero-order valence-electron chi connectivity index (χ0n) is 12.5. The van der Waals surface area contributed by atoms with Gasteiger partial charge in [-0.2, -0.15) is 0 Å². The maximum absolute atomic E-state index is 4.45. The Morgan fingerprint density at radius 2 is 1.95 bits per heavy atom. The van der Waals surface area contributed by atoms with Crippen molar-refractivity contribution >= 4 is 10.9 Å². The van der Waals surface area contributed by atoms with Crippen molar-refractivity contribution < 1.29 is 0 Å². The molecule has 0 unspecified atom stereocenters. The summed E-state index contributed by atoms with van der Waals surface area (Å²) in [6, 6.07) is 10.0. The molecule has 0 bridgehead atoms. The number of hydrogen-bond donors (Lipinski definition) is 1.